The Morgan fingerprint density at radius 2 is 1.76 bits per heavy atom. The van der Waals surface area contributed by atoms with E-state index in [1.54, 1.807) is 18.2 Å². The van der Waals surface area contributed by atoms with Gasteiger partial charge in [0.2, 0.25) is 0 Å². The number of carbonyl (C=O) groups is 1. The number of amides is 1. The number of nitrogens with one attached hydrogen (secondary N) is 1. The van der Waals surface area contributed by atoms with Crippen LogP contribution in [0.1, 0.15) is 21.5 Å². The van der Waals surface area contributed by atoms with E-state index in [4.69, 9.17) is 18.0 Å². The first kappa shape index (κ1) is 14.8. The predicted molar refractivity (Wildman–Crippen MR) is 84.8 cm³/mol. The minimum absolute atomic E-state index is 0.227. The van der Waals surface area contributed by atoms with E-state index in [1.165, 1.54) is 18.2 Å². The molecule has 0 aliphatic carbocycles. The molecule has 0 radical (unpaired) electrons. The number of carbonyl (C=O) groups excluding carboxylic acids is 1. The topological polar surface area (TPSA) is 95.6 Å². The summed E-state index contributed by atoms with van der Waals surface area (Å²) in [6.07, 6.45) is 0. The first-order valence-electron chi connectivity index (χ1n) is 6.12. The minimum atomic E-state index is -0.409. The predicted octanol–water partition coefficient (Wildman–Crippen LogP) is 2.29. The van der Waals surface area contributed by atoms with Crippen molar-refractivity contribution in [2.24, 2.45) is 5.73 Å². The van der Waals surface area contributed by atoms with Gasteiger partial charge in [-0.1, -0.05) is 24.4 Å². The van der Waals surface area contributed by atoms with E-state index in [0.29, 0.717) is 11.3 Å². The minimum Gasteiger partial charge on any atom is -0.504 e. The molecule has 0 aromatic heterocycles. The molecule has 0 bridgehead atoms. The molecule has 1 amide bonds. The van der Waals surface area contributed by atoms with Gasteiger partial charge in [-0.05, 0) is 36.8 Å². The second kappa shape index (κ2) is 5.80. The average Bonchev–Trinajstić information content (AvgIpc) is 2.43. The number of hydrogen-bond donors (Lipinski definition) is 4. The molecule has 0 saturated carbocycles. The number of hydrogen-bond acceptors (Lipinski definition) is 4. The van der Waals surface area contributed by atoms with Crippen molar-refractivity contribution in [2.75, 3.05) is 5.32 Å². The first-order valence-corrected chi connectivity index (χ1v) is 6.53. The summed E-state index contributed by atoms with van der Waals surface area (Å²) < 4.78 is 0. The van der Waals surface area contributed by atoms with Gasteiger partial charge in [-0.3, -0.25) is 4.79 Å². The third-order valence-electron chi connectivity index (χ3n) is 3.01. The highest BCUT2D eigenvalue weighted by atomic mass is 32.1. The van der Waals surface area contributed by atoms with Gasteiger partial charge in [-0.15, -0.1) is 0 Å². The van der Waals surface area contributed by atoms with Gasteiger partial charge in [0.25, 0.3) is 5.91 Å². The van der Waals surface area contributed by atoms with Crippen molar-refractivity contribution in [3.63, 3.8) is 0 Å². The molecule has 6 heteroatoms. The van der Waals surface area contributed by atoms with E-state index in [0.717, 1.165) is 5.56 Å². The normalized spacial score (nSPS) is 10.1. The standard InChI is InChI=1S/C15H14N2O3S/c1-8-2-3-9(14(16)21)6-11(8)17-15(20)10-4-5-12(18)13(19)7-10/h2-7,18-19H,1H3,(H2,16,21)(H,17,20). The number of aryl methyl sites for hydroxylation is 1. The smallest absolute Gasteiger partial charge is 0.255 e. The molecule has 2 aromatic rings. The number of phenolic OH excluding ortho intramolecular Hbond substituents is 2. The van der Waals surface area contributed by atoms with Crippen molar-refractivity contribution in [1.29, 1.82) is 0 Å². The van der Waals surface area contributed by atoms with E-state index in [9.17, 15) is 15.0 Å². The number of rotatable bonds is 3. The second-order valence-corrected chi connectivity index (χ2v) is 4.99. The molecule has 0 spiro atoms. The van der Waals surface area contributed by atoms with Gasteiger partial charge in [0.15, 0.2) is 11.5 Å². The van der Waals surface area contributed by atoms with Gasteiger partial charge in [-0.2, -0.15) is 0 Å². The molecule has 21 heavy (non-hydrogen) atoms. The Morgan fingerprint density at radius 1 is 1.10 bits per heavy atom. The van der Waals surface area contributed by atoms with E-state index in [-0.39, 0.29) is 22.1 Å². The van der Waals surface area contributed by atoms with Crippen molar-refractivity contribution in [3.05, 3.63) is 53.1 Å². The molecule has 5 N–H and O–H groups in total. The molecule has 5 nitrogen and oxygen atoms in total. The van der Waals surface area contributed by atoms with Gasteiger partial charge >= 0.3 is 0 Å². The number of aromatic hydroxyl groups is 2. The lowest BCUT2D eigenvalue weighted by Gasteiger charge is -2.10. The Bertz CT molecular complexity index is 729. The summed E-state index contributed by atoms with van der Waals surface area (Å²) in [5, 5.41) is 21.4. The summed E-state index contributed by atoms with van der Waals surface area (Å²) >= 11 is 4.91. The van der Waals surface area contributed by atoms with E-state index < -0.39 is 5.91 Å². The number of thiocarbonyl (C=S) groups is 1. The highest BCUT2D eigenvalue weighted by Gasteiger charge is 2.11. The molecule has 0 saturated heterocycles. The van der Waals surface area contributed by atoms with Crippen molar-refractivity contribution < 1.29 is 15.0 Å². The summed E-state index contributed by atoms with van der Waals surface area (Å²) in [7, 11) is 0. The van der Waals surface area contributed by atoms with Crippen LogP contribution < -0.4 is 11.1 Å². The maximum atomic E-state index is 12.1. The summed E-state index contributed by atoms with van der Waals surface area (Å²) in [5.41, 5.74) is 7.88. The molecule has 0 aliphatic rings. The monoisotopic (exact) mass is 302 g/mol. The van der Waals surface area contributed by atoms with Crippen LogP contribution in [-0.4, -0.2) is 21.1 Å². The van der Waals surface area contributed by atoms with Gasteiger partial charge in [-0.25, -0.2) is 0 Å². The maximum Gasteiger partial charge on any atom is 0.255 e. The Balaban J connectivity index is 2.28. The lowest BCUT2D eigenvalue weighted by atomic mass is 10.1. The molecule has 0 fully saturated rings. The van der Waals surface area contributed by atoms with Crippen LogP contribution in [0.25, 0.3) is 0 Å². The summed E-state index contributed by atoms with van der Waals surface area (Å²) in [6.45, 7) is 1.84. The van der Waals surface area contributed by atoms with Gasteiger partial charge < -0.3 is 21.3 Å². The van der Waals surface area contributed by atoms with E-state index >= 15 is 0 Å². The molecule has 2 aromatic carbocycles. The van der Waals surface area contributed by atoms with Crippen molar-refractivity contribution in [1.82, 2.24) is 0 Å². The molecule has 0 heterocycles. The van der Waals surface area contributed by atoms with Gasteiger partial charge in [0, 0.05) is 16.8 Å². The quantitative estimate of drug-likeness (QED) is 0.515. The number of phenols is 2. The molecular weight excluding hydrogens is 288 g/mol. The Hall–Kier alpha value is -2.60. The van der Waals surface area contributed by atoms with Crippen LogP contribution in [-0.2, 0) is 0 Å². The zero-order valence-electron chi connectivity index (χ0n) is 11.3. The van der Waals surface area contributed by atoms with Crippen LogP contribution in [0.3, 0.4) is 0 Å². The molecule has 0 unspecified atom stereocenters. The van der Waals surface area contributed by atoms with Crippen LogP contribution in [0.4, 0.5) is 5.69 Å². The number of nitrogens with two attached hydrogens (primary N) is 1. The Kier molecular flexibility index (Phi) is 4.09. The number of anilines is 1. The molecular formula is C15H14N2O3S. The van der Waals surface area contributed by atoms with Crippen molar-refractivity contribution in [2.45, 2.75) is 6.92 Å². The first-order chi connectivity index (χ1) is 9.88. The molecule has 108 valence electrons. The van der Waals surface area contributed by atoms with Crippen LogP contribution >= 0.6 is 12.2 Å². The fraction of sp³-hybridized carbons (Fsp3) is 0.0667. The van der Waals surface area contributed by atoms with E-state index in [2.05, 4.69) is 5.32 Å². The van der Waals surface area contributed by atoms with Crippen LogP contribution in [0.5, 0.6) is 11.5 Å². The third kappa shape index (κ3) is 3.29. The number of benzene rings is 2. The lowest BCUT2D eigenvalue weighted by Crippen LogP contribution is -2.14. The van der Waals surface area contributed by atoms with Gasteiger partial charge in [0.1, 0.15) is 4.99 Å². The average molecular weight is 302 g/mol. The largest absolute Gasteiger partial charge is 0.504 e. The van der Waals surface area contributed by atoms with Crippen molar-refractivity contribution >= 4 is 28.8 Å². The Labute approximate surface area is 127 Å². The highest BCUT2D eigenvalue weighted by molar-refractivity contribution is 7.80. The second-order valence-electron chi connectivity index (χ2n) is 4.55. The fourth-order valence-corrected chi connectivity index (χ4v) is 1.90. The van der Waals surface area contributed by atoms with E-state index in [1.807, 2.05) is 6.92 Å². The summed E-state index contributed by atoms with van der Waals surface area (Å²) in [6, 6.07) is 9.13. The van der Waals surface area contributed by atoms with Gasteiger partial charge in [0.05, 0.1) is 0 Å². The zero-order valence-corrected chi connectivity index (χ0v) is 12.1. The molecule has 0 aliphatic heterocycles. The van der Waals surface area contributed by atoms with Crippen LogP contribution in [0.2, 0.25) is 0 Å². The fourth-order valence-electron chi connectivity index (χ4n) is 1.77. The Morgan fingerprint density at radius 3 is 2.38 bits per heavy atom. The molecule has 0 atom stereocenters. The van der Waals surface area contributed by atoms with Crippen LogP contribution in [0, 0.1) is 6.92 Å². The molecule has 2 rings (SSSR count). The lowest BCUT2D eigenvalue weighted by molar-refractivity contribution is 0.102. The summed E-state index contributed by atoms with van der Waals surface area (Å²) in [4.78, 5) is 12.4. The maximum absolute atomic E-state index is 12.1. The summed E-state index contributed by atoms with van der Waals surface area (Å²) in [5.74, 6) is -1.04. The zero-order chi connectivity index (χ0) is 15.6. The third-order valence-corrected chi connectivity index (χ3v) is 3.24. The van der Waals surface area contributed by atoms with Crippen LogP contribution in [0.15, 0.2) is 36.4 Å². The SMILES string of the molecule is Cc1ccc(C(N)=S)cc1NC(=O)c1ccc(O)c(O)c1. The van der Waals surface area contributed by atoms with Crippen molar-refractivity contribution in [3.8, 4) is 11.5 Å². The highest BCUT2D eigenvalue weighted by Crippen LogP contribution is 2.25.